The third kappa shape index (κ3) is 60.2. The smallest absolute Gasteiger partial charge is 0.306 e. The molecule has 0 aromatic heterocycles. The Bertz CT molecular complexity index is 1280. The number of rotatable bonds is 60. The average Bonchev–Trinajstić information content (AvgIpc) is 3.40. The molecular formula is C68H124O6. The highest BCUT2D eigenvalue weighted by atomic mass is 16.6. The highest BCUT2D eigenvalue weighted by molar-refractivity contribution is 5.71. The van der Waals surface area contributed by atoms with Crippen LogP contribution in [0.5, 0.6) is 0 Å². The molecule has 0 rings (SSSR count). The summed E-state index contributed by atoms with van der Waals surface area (Å²) >= 11 is 0. The molecule has 0 radical (unpaired) electrons. The van der Waals surface area contributed by atoms with Crippen LogP contribution in [-0.4, -0.2) is 37.2 Å². The summed E-state index contributed by atoms with van der Waals surface area (Å²) in [5, 5.41) is 0. The molecule has 0 aliphatic carbocycles. The van der Waals surface area contributed by atoms with Crippen molar-refractivity contribution in [2.45, 2.75) is 354 Å². The van der Waals surface area contributed by atoms with E-state index in [2.05, 4.69) is 69.4 Å². The topological polar surface area (TPSA) is 78.9 Å². The summed E-state index contributed by atoms with van der Waals surface area (Å²) < 4.78 is 16.9. The molecular weight excluding hydrogens is 913 g/mol. The van der Waals surface area contributed by atoms with Crippen LogP contribution in [0.25, 0.3) is 0 Å². The van der Waals surface area contributed by atoms with Crippen molar-refractivity contribution in [3.8, 4) is 0 Å². The van der Waals surface area contributed by atoms with E-state index in [9.17, 15) is 14.4 Å². The zero-order chi connectivity index (χ0) is 53.6. The van der Waals surface area contributed by atoms with Gasteiger partial charge in [-0.3, -0.25) is 14.4 Å². The van der Waals surface area contributed by atoms with Gasteiger partial charge in [0.1, 0.15) is 13.2 Å². The van der Waals surface area contributed by atoms with Crippen LogP contribution in [0.2, 0.25) is 0 Å². The van der Waals surface area contributed by atoms with Crippen molar-refractivity contribution in [2.75, 3.05) is 13.2 Å². The van der Waals surface area contributed by atoms with E-state index in [1.165, 1.54) is 225 Å². The molecule has 0 aromatic rings. The van der Waals surface area contributed by atoms with Gasteiger partial charge in [-0.1, -0.05) is 320 Å². The molecule has 0 amide bonds. The number of hydrogen-bond donors (Lipinski definition) is 0. The fourth-order valence-electron chi connectivity index (χ4n) is 9.73. The molecule has 0 heterocycles. The lowest BCUT2D eigenvalue weighted by atomic mass is 10.0. The van der Waals surface area contributed by atoms with E-state index in [0.717, 1.165) is 83.5 Å². The minimum absolute atomic E-state index is 0.0653. The molecule has 0 N–H and O–H groups in total. The van der Waals surface area contributed by atoms with Gasteiger partial charge >= 0.3 is 17.9 Å². The van der Waals surface area contributed by atoms with Crippen molar-refractivity contribution in [3.05, 3.63) is 48.6 Å². The Labute approximate surface area is 460 Å². The van der Waals surface area contributed by atoms with Gasteiger partial charge in [0.25, 0.3) is 0 Å². The first-order valence-corrected chi connectivity index (χ1v) is 32.6. The Kier molecular flexibility index (Phi) is 60.7. The maximum atomic E-state index is 12.8. The summed E-state index contributed by atoms with van der Waals surface area (Å²) in [6.45, 7) is 6.55. The van der Waals surface area contributed by atoms with Gasteiger partial charge in [-0.15, -0.1) is 0 Å². The Morgan fingerprint density at radius 2 is 0.527 bits per heavy atom. The number of carbonyl (C=O) groups excluding carboxylic acids is 3. The van der Waals surface area contributed by atoms with Gasteiger partial charge in [0.2, 0.25) is 0 Å². The predicted molar refractivity (Wildman–Crippen MR) is 321 cm³/mol. The molecule has 0 aliphatic heterocycles. The van der Waals surface area contributed by atoms with Crippen LogP contribution in [-0.2, 0) is 28.6 Å². The Morgan fingerprint density at radius 3 is 0.824 bits per heavy atom. The van der Waals surface area contributed by atoms with Crippen molar-refractivity contribution in [3.63, 3.8) is 0 Å². The van der Waals surface area contributed by atoms with Crippen molar-refractivity contribution in [1.29, 1.82) is 0 Å². The molecule has 0 saturated carbocycles. The summed E-state index contributed by atoms with van der Waals surface area (Å²) in [6.07, 6.45) is 78.7. The number of esters is 3. The third-order valence-corrected chi connectivity index (χ3v) is 14.6. The van der Waals surface area contributed by atoms with Crippen LogP contribution < -0.4 is 0 Å². The standard InChI is InChI=1S/C68H124O6/c1-4-7-10-13-16-19-22-23-24-25-26-27-28-29-30-31-32-33-34-35-36-37-38-39-40-41-42-43-44-45-47-49-52-55-58-61-67(70)73-64-65(63-72-66(69)60-57-54-51-48-21-18-15-12-9-6-3)74-68(71)62-59-56-53-50-46-20-17-14-11-8-5-2/h7,10,16,19,23-24,26-27,65H,4-6,8-9,11-15,17-18,20-22,25,28-64H2,1-3H3/b10-7-,19-16-,24-23-,27-26-. The lowest BCUT2D eigenvalue weighted by Gasteiger charge is -2.18. The Balaban J connectivity index is 3.93. The number of carbonyl (C=O) groups is 3. The molecule has 432 valence electrons. The first-order chi connectivity index (χ1) is 36.5. The molecule has 1 atom stereocenters. The summed E-state index contributed by atoms with van der Waals surface area (Å²) in [5.41, 5.74) is 0. The molecule has 6 heteroatoms. The predicted octanol–water partition coefficient (Wildman–Crippen LogP) is 22.2. The maximum Gasteiger partial charge on any atom is 0.306 e. The normalized spacial score (nSPS) is 12.3. The van der Waals surface area contributed by atoms with Crippen molar-refractivity contribution < 1.29 is 28.6 Å². The molecule has 0 aromatic carbocycles. The molecule has 74 heavy (non-hydrogen) atoms. The highest BCUT2D eigenvalue weighted by Gasteiger charge is 2.19. The molecule has 0 spiro atoms. The number of unbranched alkanes of at least 4 members (excludes halogenated alkanes) is 41. The molecule has 1 unspecified atom stereocenters. The van der Waals surface area contributed by atoms with E-state index in [0.29, 0.717) is 19.3 Å². The number of allylic oxidation sites excluding steroid dienone is 8. The second-order valence-corrected chi connectivity index (χ2v) is 22.0. The summed E-state index contributed by atoms with van der Waals surface area (Å²) in [5.74, 6) is -0.846. The minimum Gasteiger partial charge on any atom is -0.462 e. The third-order valence-electron chi connectivity index (χ3n) is 14.6. The molecule has 0 aliphatic rings. The van der Waals surface area contributed by atoms with E-state index in [4.69, 9.17) is 14.2 Å². The number of hydrogen-bond acceptors (Lipinski definition) is 6. The average molecular weight is 1040 g/mol. The minimum atomic E-state index is -0.764. The van der Waals surface area contributed by atoms with Crippen LogP contribution in [0, 0.1) is 0 Å². The fourth-order valence-corrected chi connectivity index (χ4v) is 9.73. The van der Waals surface area contributed by atoms with E-state index in [1.807, 2.05) is 0 Å². The maximum absolute atomic E-state index is 12.8. The zero-order valence-electron chi connectivity index (χ0n) is 49.6. The van der Waals surface area contributed by atoms with E-state index >= 15 is 0 Å². The van der Waals surface area contributed by atoms with Gasteiger partial charge in [0, 0.05) is 19.3 Å². The summed E-state index contributed by atoms with van der Waals surface area (Å²) in [7, 11) is 0. The van der Waals surface area contributed by atoms with E-state index in [-0.39, 0.29) is 31.1 Å². The summed E-state index contributed by atoms with van der Waals surface area (Å²) in [6, 6.07) is 0. The first kappa shape index (κ1) is 71.4. The monoisotopic (exact) mass is 1040 g/mol. The molecule has 0 bridgehead atoms. The van der Waals surface area contributed by atoms with Gasteiger partial charge < -0.3 is 14.2 Å². The van der Waals surface area contributed by atoms with Gasteiger partial charge in [0.05, 0.1) is 0 Å². The Morgan fingerprint density at radius 1 is 0.284 bits per heavy atom. The van der Waals surface area contributed by atoms with Crippen molar-refractivity contribution in [1.82, 2.24) is 0 Å². The van der Waals surface area contributed by atoms with E-state index in [1.54, 1.807) is 0 Å². The van der Waals surface area contributed by atoms with E-state index < -0.39 is 6.10 Å². The molecule has 0 fully saturated rings. The second-order valence-electron chi connectivity index (χ2n) is 22.0. The molecule has 0 saturated heterocycles. The van der Waals surface area contributed by atoms with Crippen LogP contribution in [0.4, 0.5) is 0 Å². The Hall–Kier alpha value is -2.63. The lowest BCUT2D eigenvalue weighted by Crippen LogP contribution is -2.30. The van der Waals surface area contributed by atoms with Gasteiger partial charge in [0.15, 0.2) is 6.10 Å². The first-order valence-electron chi connectivity index (χ1n) is 32.6. The van der Waals surface area contributed by atoms with Crippen LogP contribution in [0.15, 0.2) is 48.6 Å². The van der Waals surface area contributed by atoms with Crippen LogP contribution in [0.1, 0.15) is 348 Å². The van der Waals surface area contributed by atoms with Crippen molar-refractivity contribution in [2.24, 2.45) is 0 Å². The highest BCUT2D eigenvalue weighted by Crippen LogP contribution is 2.18. The SMILES string of the molecule is CC/C=C\C/C=C\C/C=C\C/C=C\CCCCCCCCCCCCCCCCCCCCCCCCC(=O)OCC(COC(=O)CCCCCCCCCCCC)OC(=O)CCCCCCCCCCCCC. The summed E-state index contributed by atoms with van der Waals surface area (Å²) in [4.78, 5) is 38.1. The van der Waals surface area contributed by atoms with Gasteiger partial charge in [-0.2, -0.15) is 0 Å². The van der Waals surface area contributed by atoms with Gasteiger partial charge in [-0.25, -0.2) is 0 Å². The van der Waals surface area contributed by atoms with Gasteiger partial charge in [-0.05, 0) is 57.8 Å². The largest absolute Gasteiger partial charge is 0.462 e. The van der Waals surface area contributed by atoms with Crippen LogP contribution in [0.3, 0.4) is 0 Å². The van der Waals surface area contributed by atoms with Crippen molar-refractivity contribution >= 4 is 17.9 Å². The fraction of sp³-hybridized carbons (Fsp3) is 0.838. The molecule has 6 nitrogen and oxygen atoms in total. The second kappa shape index (κ2) is 62.9. The number of ether oxygens (including phenoxy) is 3. The zero-order valence-corrected chi connectivity index (χ0v) is 49.6. The lowest BCUT2D eigenvalue weighted by molar-refractivity contribution is -0.167. The van der Waals surface area contributed by atoms with Crippen LogP contribution >= 0.6 is 0 Å². The quantitative estimate of drug-likeness (QED) is 0.0261.